The van der Waals surface area contributed by atoms with Gasteiger partial charge < -0.3 is 4.90 Å². The summed E-state index contributed by atoms with van der Waals surface area (Å²) in [5.74, 6) is -2.68. The van der Waals surface area contributed by atoms with Gasteiger partial charge in [0.2, 0.25) is 5.91 Å². The van der Waals surface area contributed by atoms with Crippen LogP contribution in [0, 0.1) is 0 Å². The van der Waals surface area contributed by atoms with Crippen LogP contribution in [0.4, 0.5) is 8.78 Å². The topological polar surface area (TPSA) is 20.3 Å². The summed E-state index contributed by atoms with van der Waals surface area (Å²) in [6.45, 7) is 1.86. The molecule has 1 saturated heterocycles. The first kappa shape index (κ1) is 15.8. The molecule has 1 atom stereocenters. The van der Waals surface area contributed by atoms with Crippen molar-refractivity contribution in [1.82, 2.24) is 4.90 Å². The molecule has 2 fully saturated rings. The van der Waals surface area contributed by atoms with E-state index in [9.17, 15) is 13.6 Å². The number of hydrogen-bond donors (Lipinski definition) is 0. The van der Waals surface area contributed by atoms with E-state index in [0.717, 1.165) is 10.8 Å². The summed E-state index contributed by atoms with van der Waals surface area (Å²) in [5.41, 5.74) is 0.953. The van der Waals surface area contributed by atoms with Gasteiger partial charge in [-0.25, -0.2) is 8.78 Å². The van der Waals surface area contributed by atoms with Crippen LogP contribution in [0.15, 0.2) is 29.2 Å². The first-order valence-electron chi connectivity index (χ1n) is 7.86. The van der Waals surface area contributed by atoms with Gasteiger partial charge in [0.25, 0.3) is 5.92 Å². The third-order valence-electron chi connectivity index (χ3n) is 4.27. The molecule has 1 amide bonds. The maximum absolute atomic E-state index is 13.3. The number of rotatable bonds is 4. The number of alkyl halides is 2. The van der Waals surface area contributed by atoms with Crippen molar-refractivity contribution in [2.24, 2.45) is 0 Å². The van der Waals surface area contributed by atoms with Crippen LogP contribution < -0.4 is 0 Å². The lowest BCUT2D eigenvalue weighted by Gasteiger charge is -2.37. The minimum atomic E-state index is -2.63. The number of carbonyl (C=O) groups excluding carboxylic acids is 1. The molecular formula is C17H21F2NOS. The molecule has 1 aromatic rings. The summed E-state index contributed by atoms with van der Waals surface area (Å²) in [6.07, 6.45) is 2.44. The van der Waals surface area contributed by atoms with Crippen molar-refractivity contribution >= 4 is 17.7 Å². The molecule has 0 bridgehead atoms. The van der Waals surface area contributed by atoms with Crippen LogP contribution in [0.25, 0.3) is 0 Å². The van der Waals surface area contributed by atoms with Crippen molar-refractivity contribution in [3.8, 4) is 0 Å². The standard InChI is InChI=1S/C17H21F2NOS/c1-12-11-17(18,19)8-9-20(12)16(21)10-13-2-4-14(5-3-13)22-15-6-7-15/h2-5,12,15H,6-11H2,1H3. The summed E-state index contributed by atoms with van der Waals surface area (Å²) < 4.78 is 26.7. The van der Waals surface area contributed by atoms with Crippen molar-refractivity contribution in [2.75, 3.05) is 6.54 Å². The smallest absolute Gasteiger partial charge is 0.251 e. The predicted octanol–water partition coefficient (Wildman–Crippen LogP) is 4.13. The van der Waals surface area contributed by atoms with Crippen LogP contribution >= 0.6 is 11.8 Å². The van der Waals surface area contributed by atoms with Gasteiger partial charge in [-0.05, 0) is 37.5 Å². The Morgan fingerprint density at radius 1 is 1.32 bits per heavy atom. The monoisotopic (exact) mass is 325 g/mol. The highest BCUT2D eigenvalue weighted by atomic mass is 32.2. The first-order chi connectivity index (χ1) is 10.4. The van der Waals surface area contributed by atoms with Gasteiger partial charge in [-0.15, -0.1) is 11.8 Å². The van der Waals surface area contributed by atoms with E-state index in [1.165, 1.54) is 17.7 Å². The minimum absolute atomic E-state index is 0.0504. The molecule has 1 aliphatic carbocycles. The Labute approximate surface area is 134 Å². The Bertz CT molecular complexity index is 542. The lowest BCUT2D eigenvalue weighted by atomic mass is 9.99. The van der Waals surface area contributed by atoms with E-state index in [2.05, 4.69) is 12.1 Å². The van der Waals surface area contributed by atoms with Gasteiger partial charge >= 0.3 is 0 Å². The van der Waals surface area contributed by atoms with E-state index in [-0.39, 0.29) is 31.3 Å². The second-order valence-electron chi connectivity index (χ2n) is 6.38. The Balaban J connectivity index is 1.56. The fraction of sp³-hybridized carbons (Fsp3) is 0.588. The first-order valence-corrected chi connectivity index (χ1v) is 8.74. The SMILES string of the molecule is CC1CC(F)(F)CCN1C(=O)Cc1ccc(SC2CC2)cc1. The number of nitrogens with zero attached hydrogens (tertiary/aromatic N) is 1. The molecule has 1 unspecified atom stereocenters. The summed E-state index contributed by atoms with van der Waals surface area (Å²) in [4.78, 5) is 15.2. The number of hydrogen-bond acceptors (Lipinski definition) is 2. The van der Waals surface area contributed by atoms with Crippen LogP contribution in [0.2, 0.25) is 0 Å². The Hall–Kier alpha value is -1.10. The molecule has 1 aromatic carbocycles. The Kier molecular flexibility index (Phi) is 4.44. The average Bonchev–Trinajstić information content (AvgIpc) is 3.24. The van der Waals surface area contributed by atoms with Gasteiger partial charge in [-0.1, -0.05) is 12.1 Å². The van der Waals surface area contributed by atoms with Gasteiger partial charge in [0, 0.05) is 35.6 Å². The molecule has 0 N–H and O–H groups in total. The van der Waals surface area contributed by atoms with Crippen molar-refractivity contribution in [1.29, 1.82) is 0 Å². The molecule has 1 heterocycles. The third-order valence-corrected chi connectivity index (χ3v) is 5.62. The maximum atomic E-state index is 13.3. The van der Waals surface area contributed by atoms with E-state index >= 15 is 0 Å². The van der Waals surface area contributed by atoms with Crippen LogP contribution in [0.5, 0.6) is 0 Å². The molecule has 2 nitrogen and oxygen atoms in total. The number of amides is 1. The van der Waals surface area contributed by atoms with E-state index in [1.54, 1.807) is 11.8 Å². The normalized spacial score (nSPS) is 24.3. The van der Waals surface area contributed by atoms with E-state index in [0.29, 0.717) is 6.42 Å². The van der Waals surface area contributed by atoms with Gasteiger partial charge in [0.05, 0.1) is 6.42 Å². The number of halogens is 2. The molecule has 1 saturated carbocycles. The van der Waals surface area contributed by atoms with Crippen LogP contribution in [-0.4, -0.2) is 34.6 Å². The molecule has 5 heteroatoms. The average molecular weight is 325 g/mol. The Morgan fingerprint density at radius 2 is 2.00 bits per heavy atom. The molecule has 0 radical (unpaired) electrons. The summed E-state index contributed by atoms with van der Waals surface area (Å²) in [5, 5.41) is 0.767. The Morgan fingerprint density at radius 3 is 2.59 bits per heavy atom. The number of thioether (sulfide) groups is 1. The molecular weight excluding hydrogens is 304 g/mol. The minimum Gasteiger partial charge on any atom is -0.339 e. The highest BCUT2D eigenvalue weighted by molar-refractivity contribution is 8.00. The van der Waals surface area contributed by atoms with E-state index < -0.39 is 5.92 Å². The van der Waals surface area contributed by atoms with Gasteiger partial charge in [-0.3, -0.25) is 4.79 Å². The largest absolute Gasteiger partial charge is 0.339 e. The number of piperidine rings is 1. The third kappa shape index (κ3) is 4.00. The van der Waals surface area contributed by atoms with Crippen LogP contribution in [0.3, 0.4) is 0 Å². The van der Waals surface area contributed by atoms with E-state index in [1.807, 2.05) is 23.9 Å². The molecule has 120 valence electrons. The lowest BCUT2D eigenvalue weighted by molar-refractivity contribution is -0.141. The maximum Gasteiger partial charge on any atom is 0.251 e. The van der Waals surface area contributed by atoms with Crippen LogP contribution in [-0.2, 0) is 11.2 Å². The summed E-state index contributed by atoms with van der Waals surface area (Å²) in [7, 11) is 0. The highest BCUT2D eigenvalue weighted by Crippen LogP contribution is 2.39. The van der Waals surface area contributed by atoms with Crippen molar-refractivity contribution in [3.63, 3.8) is 0 Å². The summed E-state index contributed by atoms with van der Waals surface area (Å²) >= 11 is 1.89. The van der Waals surface area contributed by atoms with Gasteiger partial charge in [-0.2, -0.15) is 0 Å². The number of benzene rings is 1. The highest BCUT2D eigenvalue weighted by Gasteiger charge is 2.39. The van der Waals surface area contributed by atoms with Gasteiger partial charge in [0.1, 0.15) is 0 Å². The molecule has 0 spiro atoms. The fourth-order valence-electron chi connectivity index (χ4n) is 2.86. The zero-order valence-corrected chi connectivity index (χ0v) is 13.5. The van der Waals surface area contributed by atoms with Crippen molar-refractivity contribution in [3.05, 3.63) is 29.8 Å². The molecule has 3 rings (SSSR count). The number of carbonyl (C=O) groups is 1. The second kappa shape index (κ2) is 6.19. The molecule has 2 aliphatic rings. The second-order valence-corrected chi connectivity index (χ2v) is 7.76. The fourth-order valence-corrected chi connectivity index (χ4v) is 3.91. The predicted molar refractivity (Wildman–Crippen MR) is 84.4 cm³/mol. The quantitative estimate of drug-likeness (QED) is 0.829. The number of likely N-dealkylation sites (tertiary alicyclic amines) is 1. The molecule has 22 heavy (non-hydrogen) atoms. The van der Waals surface area contributed by atoms with Crippen LogP contribution in [0.1, 0.15) is 38.2 Å². The zero-order valence-electron chi connectivity index (χ0n) is 12.7. The van der Waals surface area contributed by atoms with Crippen molar-refractivity contribution in [2.45, 2.75) is 61.1 Å². The van der Waals surface area contributed by atoms with Gasteiger partial charge in [0.15, 0.2) is 0 Å². The summed E-state index contributed by atoms with van der Waals surface area (Å²) in [6, 6.07) is 7.68. The zero-order chi connectivity index (χ0) is 15.7. The van der Waals surface area contributed by atoms with E-state index in [4.69, 9.17) is 0 Å². The lowest BCUT2D eigenvalue weighted by Crippen LogP contribution is -2.48. The molecule has 0 aromatic heterocycles. The molecule has 1 aliphatic heterocycles. The van der Waals surface area contributed by atoms with Crippen molar-refractivity contribution < 1.29 is 13.6 Å².